The first-order valence-electron chi connectivity index (χ1n) is 11.3. The van der Waals surface area contributed by atoms with E-state index in [1.807, 2.05) is 24.3 Å². The third-order valence-electron chi connectivity index (χ3n) is 4.37. The van der Waals surface area contributed by atoms with E-state index in [4.69, 9.17) is 15.9 Å². The molecule has 0 fully saturated rings. The van der Waals surface area contributed by atoms with E-state index in [9.17, 15) is 19.5 Å². The lowest BCUT2D eigenvalue weighted by atomic mass is 10.1. The SMILES string of the molecule is CC/C=C\C/C=C\C\C=C/C=C/C=C/[C@H](SCC(N)C(=O)NCC(=O)O)C(O)CCCC(=O)O. The van der Waals surface area contributed by atoms with Crippen molar-refractivity contribution in [3.63, 3.8) is 0 Å². The molecule has 0 aromatic heterocycles. The van der Waals surface area contributed by atoms with Crippen LogP contribution in [0.5, 0.6) is 0 Å². The number of hydrogen-bond donors (Lipinski definition) is 5. The van der Waals surface area contributed by atoms with Crippen LogP contribution in [0.25, 0.3) is 0 Å². The molecule has 34 heavy (non-hydrogen) atoms. The van der Waals surface area contributed by atoms with Crippen molar-refractivity contribution in [1.82, 2.24) is 5.32 Å². The molecule has 8 nitrogen and oxygen atoms in total. The minimum Gasteiger partial charge on any atom is -0.481 e. The Morgan fingerprint density at radius 3 is 2.24 bits per heavy atom. The molecule has 2 unspecified atom stereocenters. The van der Waals surface area contributed by atoms with Gasteiger partial charge in [-0.15, -0.1) is 11.8 Å². The Morgan fingerprint density at radius 1 is 0.941 bits per heavy atom. The number of hydrogen-bond acceptors (Lipinski definition) is 6. The highest BCUT2D eigenvalue weighted by Crippen LogP contribution is 2.21. The molecule has 0 aromatic rings. The van der Waals surface area contributed by atoms with Gasteiger partial charge in [0.15, 0.2) is 0 Å². The molecule has 0 saturated heterocycles. The van der Waals surface area contributed by atoms with Gasteiger partial charge in [0.25, 0.3) is 0 Å². The molecule has 0 spiro atoms. The summed E-state index contributed by atoms with van der Waals surface area (Å²) in [6, 6.07) is -0.935. The fraction of sp³-hybridized carbons (Fsp3) is 0.480. The number of nitrogens with two attached hydrogens (primary N) is 1. The minimum atomic E-state index is -1.16. The summed E-state index contributed by atoms with van der Waals surface area (Å²) in [5.74, 6) is -2.51. The third-order valence-corrected chi connectivity index (χ3v) is 5.78. The summed E-state index contributed by atoms with van der Waals surface area (Å²) < 4.78 is 0. The molecule has 0 saturated carbocycles. The van der Waals surface area contributed by atoms with E-state index in [1.165, 1.54) is 11.8 Å². The zero-order chi connectivity index (χ0) is 25.6. The Balaban J connectivity index is 4.74. The number of aliphatic carboxylic acids is 2. The Morgan fingerprint density at radius 2 is 1.59 bits per heavy atom. The van der Waals surface area contributed by atoms with Crippen LogP contribution >= 0.6 is 11.8 Å². The van der Waals surface area contributed by atoms with Crippen LogP contribution in [0.1, 0.15) is 45.4 Å². The van der Waals surface area contributed by atoms with Crippen LogP contribution < -0.4 is 11.1 Å². The van der Waals surface area contributed by atoms with Crippen molar-refractivity contribution in [3.05, 3.63) is 60.8 Å². The monoisotopic (exact) mass is 494 g/mol. The number of thioether (sulfide) groups is 1. The van der Waals surface area contributed by atoms with E-state index in [2.05, 4.69) is 36.5 Å². The van der Waals surface area contributed by atoms with Gasteiger partial charge in [-0.3, -0.25) is 14.4 Å². The van der Waals surface area contributed by atoms with Gasteiger partial charge in [0, 0.05) is 17.4 Å². The molecule has 6 N–H and O–H groups in total. The van der Waals surface area contributed by atoms with Crippen molar-refractivity contribution in [2.24, 2.45) is 5.73 Å². The van der Waals surface area contributed by atoms with E-state index in [1.54, 1.807) is 12.2 Å². The summed E-state index contributed by atoms with van der Waals surface area (Å²) in [5, 5.41) is 29.7. The first kappa shape index (κ1) is 31.4. The lowest BCUT2D eigenvalue weighted by Gasteiger charge is -2.21. The average molecular weight is 495 g/mol. The van der Waals surface area contributed by atoms with Crippen LogP contribution in [-0.4, -0.2) is 62.9 Å². The maximum atomic E-state index is 11.9. The number of carboxylic acid groups (broad SMARTS) is 2. The van der Waals surface area contributed by atoms with Crippen LogP contribution in [-0.2, 0) is 14.4 Å². The minimum absolute atomic E-state index is 0.0384. The topological polar surface area (TPSA) is 150 Å². The van der Waals surface area contributed by atoms with Gasteiger partial charge in [0.05, 0.1) is 12.1 Å². The van der Waals surface area contributed by atoms with Gasteiger partial charge in [-0.1, -0.05) is 67.7 Å². The smallest absolute Gasteiger partial charge is 0.322 e. The predicted octanol–water partition coefficient (Wildman–Crippen LogP) is 3.20. The van der Waals surface area contributed by atoms with E-state index >= 15 is 0 Å². The van der Waals surface area contributed by atoms with Crippen LogP contribution in [0, 0.1) is 0 Å². The summed E-state index contributed by atoms with van der Waals surface area (Å²) in [6.45, 7) is 1.59. The summed E-state index contributed by atoms with van der Waals surface area (Å²) in [5.41, 5.74) is 5.82. The number of carbonyl (C=O) groups is 3. The van der Waals surface area contributed by atoms with Gasteiger partial charge in [0.2, 0.25) is 5.91 Å². The molecule has 0 aliphatic rings. The van der Waals surface area contributed by atoms with Gasteiger partial charge in [-0.25, -0.2) is 0 Å². The summed E-state index contributed by atoms with van der Waals surface area (Å²) in [4.78, 5) is 33.1. The highest BCUT2D eigenvalue weighted by atomic mass is 32.2. The fourth-order valence-electron chi connectivity index (χ4n) is 2.58. The van der Waals surface area contributed by atoms with Gasteiger partial charge in [0.1, 0.15) is 6.54 Å². The van der Waals surface area contributed by atoms with Crippen molar-refractivity contribution in [2.75, 3.05) is 12.3 Å². The van der Waals surface area contributed by atoms with Crippen molar-refractivity contribution >= 4 is 29.6 Å². The molecule has 0 aromatic carbocycles. The number of carboxylic acids is 2. The van der Waals surface area contributed by atoms with Crippen LogP contribution in [0.3, 0.4) is 0 Å². The molecule has 1 amide bonds. The highest BCUT2D eigenvalue weighted by molar-refractivity contribution is 8.00. The molecule has 190 valence electrons. The molecular weight excluding hydrogens is 456 g/mol. The normalized spacial score (nSPS) is 15.0. The zero-order valence-electron chi connectivity index (χ0n) is 19.7. The van der Waals surface area contributed by atoms with Gasteiger partial charge >= 0.3 is 11.9 Å². The molecule has 0 aliphatic carbocycles. The van der Waals surface area contributed by atoms with E-state index in [-0.39, 0.29) is 18.6 Å². The number of amides is 1. The predicted molar refractivity (Wildman–Crippen MR) is 138 cm³/mol. The molecule has 0 heterocycles. The van der Waals surface area contributed by atoms with E-state index in [0.29, 0.717) is 6.42 Å². The zero-order valence-corrected chi connectivity index (χ0v) is 20.5. The first-order valence-corrected chi connectivity index (χ1v) is 12.4. The lowest BCUT2D eigenvalue weighted by Crippen LogP contribution is -2.44. The number of allylic oxidation sites excluding steroid dienone is 9. The lowest BCUT2D eigenvalue weighted by molar-refractivity contribution is -0.138. The quantitative estimate of drug-likeness (QED) is 0.136. The number of carbonyl (C=O) groups excluding carboxylic acids is 1. The van der Waals surface area contributed by atoms with Gasteiger partial charge in [-0.2, -0.15) is 0 Å². The van der Waals surface area contributed by atoms with Crippen molar-refractivity contribution in [3.8, 4) is 0 Å². The van der Waals surface area contributed by atoms with Crippen molar-refractivity contribution in [2.45, 2.75) is 62.8 Å². The highest BCUT2D eigenvalue weighted by Gasteiger charge is 2.21. The van der Waals surface area contributed by atoms with Crippen LogP contribution in [0.4, 0.5) is 0 Å². The maximum Gasteiger partial charge on any atom is 0.322 e. The number of rotatable bonds is 19. The molecule has 0 bridgehead atoms. The molecule has 9 heteroatoms. The Hall–Kier alpha value is -2.62. The Kier molecular flexibility index (Phi) is 19.3. The van der Waals surface area contributed by atoms with E-state index < -0.39 is 41.8 Å². The number of aliphatic hydroxyl groups is 1. The molecular formula is C25H38N2O6S. The summed E-state index contributed by atoms with van der Waals surface area (Å²) in [7, 11) is 0. The molecule has 3 atom stereocenters. The van der Waals surface area contributed by atoms with Crippen LogP contribution in [0.15, 0.2) is 60.8 Å². The van der Waals surface area contributed by atoms with E-state index in [0.717, 1.165) is 19.3 Å². The van der Waals surface area contributed by atoms with Gasteiger partial charge in [-0.05, 0) is 32.1 Å². The maximum absolute atomic E-state index is 11.9. The summed E-state index contributed by atoms with van der Waals surface area (Å²) in [6.07, 6.45) is 22.2. The molecule has 0 aliphatic heterocycles. The van der Waals surface area contributed by atoms with Crippen LogP contribution in [0.2, 0.25) is 0 Å². The largest absolute Gasteiger partial charge is 0.481 e. The van der Waals surface area contributed by atoms with Crippen molar-refractivity contribution in [1.29, 1.82) is 0 Å². The summed E-state index contributed by atoms with van der Waals surface area (Å²) >= 11 is 1.26. The second kappa shape index (κ2) is 20.9. The number of aliphatic hydroxyl groups excluding tert-OH is 1. The second-order valence-electron chi connectivity index (χ2n) is 7.39. The molecule has 0 rings (SSSR count). The third kappa shape index (κ3) is 18.9. The first-order chi connectivity index (χ1) is 16.3. The fourth-order valence-corrected chi connectivity index (χ4v) is 3.72. The average Bonchev–Trinajstić information content (AvgIpc) is 2.79. The molecule has 0 radical (unpaired) electrons. The Labute approximate surface area is 206 Å². The van der Waals surface area contributed by atoms with Crippen molar-refractivity contribution < 1.29 is 29.7 Å². The Bertz CT molecular complexity index is 746. The van der Waals surface area contributed by atoms with Gasteiger partial charge < -0.3 is 26.4 Å². The second-order valence-corrected chi connectivity index (χ2v) is 8.60. The number of nitrogens with one attached hydrogen (secondary N) is 1. The standard InChI is InChI=1S/C25H38N2O6S/c1-2-3-4-5-6-7-8-9-10-11-12-13-16-22(21(28)15-14-17-23(29)30)34-19-20(26)25(33)27-18-24(31)32/h3-4,6-7,9-13,16,20-22,28H,2,5,8,14-15,17-19,26H2,1H3,(H,27,33)(H,29,30)(H,31,32)/b4-3-,7-6-,10-9-,12-11+,16-13+/t20?,21?,22-/m0/s1.